The molecule has 0 saturated carbocycles. The third-order valence-electron chi connectivity index (χ3n) is 3.49. The van der Waals surface area contributed by atoms with Gasteiger partial charge in [-0.25, -0.2) is 0 Å². The number of carbonyl (C=O) groups excluding carboxylic acids is 2. The molecule has 1 aliphatic carbocycles. The van der Waals surface area contributed by atoms with Gasteiger partial charge in [-0.2, -0.15) is 0 Å². The van der Waals surface area contributed by atoms with Crippen molar-refractivity contribution < 1.29 is 14.3 Å². The lowest BCUT2D eigenvalue weighted by atomic mass is 9.88. The summed E-state index contributed by atoms with van der Waals surface area (Å²) in [4.78, 5) is 24.4. The minimum atomic E-state index is -0.304. The van der Waals surface area contributed by atoms with Crippen molar-refractivity contribution in [2.45, 2.75) is 32.6 Å². The largest absolute Gasteiger partial charge is 0.469 e. The maximum atomic E-state index is 12.1. The molecule has 0 spiro atoms. The van der Waals surface area contributed by atoms with Gasteiger partial charge in [0.15, 0.2) is 0 Å². The lowest BCUT2D eigenvalue weighted by Crippen LogP contribution is -2.27. The van der Waals surface area contributed by atoms with E-state index in [0.29, 0.717) is 12.5 Å². The maximum absolute atomic E-state index is 12.1. The van der Waals surface area contributed by atoms with Crippen LogP contribution in [0.15, 0.2) is 5.38 Å². The van der Waals surface area contributed by atoms with Crippen molar-refractivity contribution in [2.75, 3.05) is 13.7 Å². The Balaban J connectivity index is 1.95. The molecule has 0 radical (unpaired) electrons. The molecule has 0 saturated heterocycles. The molecule has 0 unspecified atom stereocenters. The number of rotatable bonds is 4. The first-order valence-corrected chi connectivity index (χ1v) is 7.44. The number of esters is 1. The summed E-state index contributed by atoms with van der Waals surface area (Å²) in [5.74, 6) is 0.332. The summed E-state index contributed by atoms with van der Waals surface area (Å²) >= 11 is 1.68. The summed E-state index contributed by atoms with van der Waals surface area (Å²) in [5.41, 5.74) is 2.00. The molecule has 1 aromatic heterocycles. The standard InChI is InChI=1S/C14H19NO3S/c1-9-3-4-10-11(8-19-12(10)7-9)14(17)15-6-5-13(16)18-2/h8-9H,3-7H2,1-2H3,(H,15,17)/t9-/m0/s1. The number of thiophene rings is 1. The molecule has 0 bridgehead atoms. The number of nitrogens with one attached hydrogen (secondary N) is 1. The van der Waals surface area contributed by atoms with E-state index >= 15 is 0 Å². The fraction of sp³-hybridized carbons (Fsp3) is 0.571. The second-order valence-electron chi connectivity index (χ2n) is 4.98. The molecular formula is C14H19NO3S. The van der Waals surface area contributed by atoms with Gasteiger partial charge in [0.1, 0.15) is 0 Å². The van der Waals surface area contributed by atoms with Crippen LogP contribution < -0.4 is 5.32 Å². The van der Waals surface area contributed by atoms with Crippen molar-refractivity contribution in [2.24, 2.45) is 5.92 Å². The second kappa shape index (κ2) is 6.19. The number of ether oxygens (including phenoxy) is 1. The monoisotopic (exact) mass is 281 g/mol. The Labute approximate surface area is 117 Å². The zero-order valence-corrected chi connectivity index (χ0v) is 12.1. The Morgan fingerprint density at radius 3 is 3.05 bits per heavy atom. The topological polar surface area (TPSA) is 55.4 Å². The Bertz CT molecular complexity index is 481. The summed E-state index contributed by atoms with van der Waals surface area (Å²) < 4.78 is 4.54. The molecule has 0 aromatic carbocycles. The van der Waals surface area contributed by atoms with Crippen LogP contribution in [0.25, 0.3) is 0 Å². The highest BCUT2D eigenvalue weighted by atomic mass is 32.1. The van der Waals surface area contributed by atoms with Crippen LogP contribution in [0.4, 0.5) is 0 Å². The van der Waals surface area contributed by atoms with Crippen molar-refractivity contribution in [1.29, 1.82) is 0 Å². The van der Waals surface area contributed by atoms with Crippen molar-refractivity contribution in [3.05, 3.63) is 21.4 Å². The number of amides is 1. The third kappa shape index (κ3) is 3.35. The number of methoxy groups -OCH3 is 1. The molecule has 0 aliphatic heterocycles. The smallest absolute Gasteiger partial charge is 0.307 e. The number of carbonyl (C=O) groups is 2. The first kappa shape index (κ1) is 14.1. The Kier molecular flexibility index (Phi) is 4.58. The van der Waals surface area contributed by atoms with Gasteiger partial charge in [0, 0.05) is 16.8 Å². The summed E-state index contributed by atoms with van der Waals surface area (Å²) in [6.45, 7) is 2.57. The fourth-order valence-corrected chi connectivity index (χ4v) is 3.59. The van der Waals surface area contributed by atoms with Gasteiger partial charge < -0.3 is 10.1 Å². The van der Waals surface area contributed by atoms with Crippen LogP contribution in [-0.2, 0) is 22.4 Å². The third-order valence-corrected chi connectivity index (χ3v) is 4.54. The molecule has 4 nitrogen and oxygen atoms in total. The van der Waals surface area contributed by atoms with Crippen LogP contribution in [0.2, 0.25) is 0 Å². The van der Waals surface area contributed by atoms with E-state index in [2.05, 4.69) is 17.0 Å². The quantitative estimate of drug-likeness (QED) is 0.861. The lowest BCUT2D eigenvalue weighted by molar-refractivity contribution is -0.140. The number of hydrogen-bond acceptors (Lipinski definition) is 4. The van der Waals surface area contributed by atoms with E-state index < -0.39 is 0 Å². The number of hydrogen-bond donors (Lipinski definition) is 1. The van der Waals surface area contributed by atoms with Gasteiger partial charge in [-0.05, 0) is 30.7 Å². The zero-order chi connectivity index (χ0) is 13.8. The Morgan fingerprint density at radius 1 is 1.53 bits per heavy atom. The van der Waals surface area contributed by atoms with Crippen molar-refractivity contribution in [1.82, 2.24) is 5.32 Å². The molecular weight excluding hydrogens is 262 g/mol. The van der Waals surface area contributed by atoms with E-state index in [4.69, 9.17) is 0 Å². The van der Waals surface area contributed by atoms with Gasteiger partial charge in [-0.15, -0.1) is 11.3 Å². The van der Waals surface area contributed by atoms with Gasteiger partial charge in [0.25, 0.3) is 5.91 Å². The summed E-state index contributed by atoms with van der Waals surface area (Å²) in [6, 6.07) is 0. The van der Waals surface area contributed by atoms with Crippen LogP contribution in [0.3, 0.4) is 0 Å². The molecule has 1 amide bonds. The van der Waals surface area contributed by atoms with E-state index in [-0.39, 0.29) is 18.3 Å². The molecule has 1 aliphatic rings. The van der Waals surface area contributed by atoms with Crippen LogP contribution in [-0.4, -0.2) is 25.5 Å². The van der Waals surface area contributed by atoms with Gasteiger partial charge in [-0.1, -0.05) is 6.92 Å². The predicted octanol–water partition coefficient (Wildman–Crippen LogP) is 2.17. The highest BCUT2D eigenvalue weighted by Crippen LogP contribution is 2.32. The Morgan fingerprint density at radius 2 is 2.32 bits per heavy atom. The zero-order valence-electron chi connectivity index (χ0n) is 11.3. The van der Waals surface area contributed by atoms with Gasteiger partial charge in [-0.3, -0.25) is 9.59 Å². The van der Waals surface area contributed by atoms with Crippen molar-refractivity contribution in [3.63, 3.8) is 0 Å². The highest BCUT2D eigenvalue weighted by Gasteiger charge is 2.22. The molecule has 104 valence electrons. The molecule has 0 fully saturated rings. The second-order valence-corrected chi connectivity index (χ2v) is 5.95. The average Bonchev–Trinajstić information content (AvgIpc) is 2.81. The molecule has 2 rings (SSSR count). The minimum Gasteiger partial charge on any atom is -0.469 e. The first-order chi connectivity index (χ1) is 9.11. The van der Waals surface area contributed by atoms with Crippen molar-refractivity contribution >= 4 is 23.2 Å². The molecule has 1 atom stereocenters. The summed E-state index contributed by atoms with van der Waals surface area (Å²) in [6.07, 6.45) is 3.42. The first-order valence-electron chi connectivity index (χ1n) is 6.56. The molecule has 1 N–H and O–H groups in total. The van der Waals surface area contributed by atoms with E-state index in [9.17, 15) is 9.59 Å². The average molecular weight is 281 g/mol. The van der Waals surface area contributed by atoms with Gasteiger partial charge in [0.05, 0.1) is 19.1 Å². The van der Waals surface area contributed by atoms with Crippen LogP contribution in [0.5, 0.6) is 0 Å². The van der Waals surface area contributed by atoms with Gasteiger partial charge >= 0.3 is 5.97 Å². The maximum Gasteiger partial charge on any atom is 0.307 e. The van der Waals surface area contributed by atoms with Crippen LogP contribution in [0.1, 0.15) is 40.6 Å². The molecule has 1 heterocycles. The summed E-state index contributed by atoms with van der Waals surface area (Å²) in [5, 5.41) is 4.72. The molecule has 1 aromatic rings. The van der Waals surface area contributed by atoms with Crippen LogP contribution >= 0.6 is 11.3 Å². The summed E-state index contributed by atoms with van der Waals surface area (Å²) in [7, 11) is 1.35. The van der Waals surface area contributed by atoms with Crippen molar-refractivity contribution in [3.8, 4) is 0 Å². The minimum absolute atomic E-state index is 0.0732. The van der Waals surface area contributed by atoms with E-state index in [1.165, 1.54) is 17.6 Å². The lowest BCUT2D eigenvalue weighted by Gasteiger charge is -2.18. The highest BCUT2D eigenvalue weighted by molar-refractivity contribution is 7.10. The normalized spacial score (nSPS) is 17.7. The van der Waals surface area contributed by atoms with E-state index in [1.54, 1.807) is 11.3 Å². The van der Waals surface area contributed by atoms with Crippen LogP contribution in [0, 0.1) is 5.92 Å². The fourth-order valence-electron chi connectivity index (χ4n) is 2.34. The Hall–Kier alpha value is -1.36. The van der Waals surface area contributed by atoms with Gasteiger partial charge in [0.2, 0.25) is 0 Å². The van der Waals surface area contributed by atoms with E-state index in [0.717, 1.165) is 24.8 Å². The SMILES string of the molecule is COC(=O)CCNC(=O)c1csc2c1CC[C@H](C)C2. The number of fused-ring (bicyclic) bond motifs is 1. The molecule has 19 heavy (non-hydrogen) atoms. The molecule has 5 heteroatoms. The predicted molar refractivity (Wildman–Crippen MR) is 74.5 cm³/mol. The van der Waals surface area contributed by atoms with E-state index in [1.807, 2.05) is 5.38 Å².